The van der Waals surface area contributed by atoms with Gasteiger partial charge < -0.3 is 9.47 Å². The van der Waals surface area contributed by atoms with E-state index in [9.17, 15) is 14.4 Å². The molecule has 0 aliphatic heterocycles. The van der Waals surface area contributed by atoms with E-state index >= 15 is 0 Å². The molecule has 0 radical (unpaired) electrons. The average molecular weight is 387 g/mol. The molecule has 0 atom stereocenters. The maximum atomic E-state index is 14.0. The van der Waals surface area contributed by atoms with Crippen LogP contribution in [0.2, 0.25) is 0 Å². The molecule has 3 aromatic rings. The number of allylic oxidation sites excluding steroid dienone is 1. The van der Waals surface area contributed by atoms with Gasteiger partial charge >= 0.3 is 5.97 Å². The van der Waals surface area contributed by atoms with Crippen molar-refractivity contribution in [1.82, 2.24) is 0 Å². The smallest absolute Gasteiger partial charge is 0.349 e. The Kier molecular flexibility index (Phi) is 6.39. The third-order valence-electron chi connectivity index (χ3n) is 4.06. The van der Waals surface area contributed by atoms with Gasteiger partial charge in [0.25, 0.3) is 0 Å². The minimum Gasteiger partial charge on any atom is -0.482 e. The lowest BCUT2D eigenvalue weighted by molar-refractivity contribution is -0.136. The zero-order valence-corrected chi connectivity index (χ0v) is 15.8. The fraction of sp³-hybridized carbons (Fsp3) is 0.0833. The van der Waals surface area contributed by atoms with Gasteiger partial charge in [-0.2, -0.15) is 5.26 Å². The van der Waals surface area contributed by atoms with Crippen LogP contribution in [0.4, 0.5) is 4.39 Å². The summed E-state index contributed by atoms with van der Waals surface area (Å²) in [6, 6.07) is 22.0. The third kappa shape index (κ3) is 5.53. The second-order valence-electron chi connectivity index (χ2n) is 6.30. The number of hydrogen-bond acceptors (Lipinski definition) is 4. The van der Waals surface area contributed by atoms with Crippen molar-refractivity contribution in [2.24, 2.45) is 0 Å². The summed E-state index contributed by atoms with van der Waals surface area (Å²) < 4.78 is 24.7. The minimum atomic E-state index is -0.554. The Hall–Kier alpha value is -3.91. The second kappa shape index (κ2) is 9.34. The molecule has 0 amide bonds. The number of hydrogen-bond donors (Lipinski definition) is 0. The normalized spacial score (nSPS) is 10.9. The number of halogens is 1. The average Bonchev–Trinajstić information content (AvgIpc) is 2.72. The fourth-order valence-electron chi connectivity index (χ4n) is 2.62. The topological polar surface area (TPSA) is 59.3 Å². The number of aryl methyl sites for hydroxylation is 1. The van der Waals surface area contributed by atoms with Gasteiger partial charge in [-0.3, -0.25) is 0 Å². The summed E-state index contributed by atoms with van der Waals surface area (Å²) in [5.74, 6) is -0.146. The van der Waals surface area contributed by atoms with Crippen LogP contribution in [0.1, 0.15) is 16.7 Å². The third-order valence-corrected chi connectivity index (χ3v) is 4.06. The van der Waals surface area contributed by atoms with Gasteiger partial charge in [0.15, 0.2) is 6.61 Å². The van der Waals surface area contributed by atoms with Gasteiger partial charge in [-0.25, -0.2) is 9.18 Å². The van der Waals surface area contributed by atoms with Gasteiger partial charge in [0, 0.05) is 5.56 Å². The Morgan fingerprint density at radius 3 is 2.52 bits per heavy atom. The van der Waals surface area contributed by atoms with E-state index in [1.165, 1.54) is 12.1 Å². The maximum absolute atomic E-state index is 14.0. The number of carbonyl (C=O) groups excluding carboxylic acids is 1. The number of esters is 1. The first-order valence-corrected chi connectivity index (χ1v) is 8.92. The zero-order chi connectivity index (χ0) is 20.6. The molecular weight excluding hydrogens is 369 g/mol. The summed E-state index contributed by atoms with van der Waals surface area (Å²) in [4.78, 5) is 12.0. The van der Waals surface area contributed by atoms with Crippen LogP contribution < -0.4 is 9.47 Å². The van der Waals surface area contributed by atoms with Crippen molar-refractivity contribution in [3.8, 4) is 17.6 Å². The fourth-order valence-corrected chi connectivity index (χ4v) is 2.62. The molecule has 5 heteroatoms. The number of rotatable bonds is 6. The van der Waals surface area contributed by atoms with Crippen LogP contribution in [-0.2, 0) is 4.79 Å². The predicted molar refractivity (Wildman–Crippen MR) is 109 cm³/mol. The first-order chi connectivity index (χ1) is 14.0. The molecule has 0 saturated carbocycles. The lowest BCUT2D eigenvalue weighted by Gasteiger charge is -2.08. The van der Waals surface area contributed by atoms with Crippen LogP contribution >= 0.6 is 0 Å². The van der Waals surface area contributed by atoms with E-state index in [1.54, 1.807) is 54.6 Å². The highest BCUT2D eigenvalue weighted by atomic mass is 19.1. The quantitative estimate of drug-likeness (QED) is 0.253. The molecule has 0 unspecified atom stereocenters. The Labute approximate surface area is 168 Å². The van der Waals surface area contributed by atoms with Crippen molar-refractivity contribution in [2.75, 3.05) is 6.61 Å². The van der Waals surface area contributed by atoms with Crippen molar-refractivity contribution in [3.63, 3.8) is 0 Å². The number of ether oxygens (including phenoxy) is 2. The summed E-state index contributed by atoms with van der Waals surface area (Å²) in [5.41, 5.74) is 2.09. The van der Waals surface area contributed by atoms with E-state index in [0.717, 1.165) is 5.56 Å². The van der Waals surface area contributed by atoms with Crippen LogP contribution in [0, 0.1) is 24.1 Å². The van der Waals surface area contributed by atoms with Crippen molar-refractivity contribution < 1.29 is 18.7 Å². The van der Waals surface area contributed by atoms with E-state index in [1.807, 2.05) is 25.1 Å². The lowest BCUT2D eigenvalue weighted by atomic mass is 10.0. The Morgan fingerprint density at radius 2 is 1.79 bits per heavy atom. The molecule has 0 aliphatic rings. The number of benzene rings is 3. The highest BCUT2D eigenvalue weighted by Gasteiger charge is 2.09. The van der Waals surface area contributed by atoms with E-state index in [-0.39, 0.29) is 17.7 Å². The SMILES string of the molecule is Cc1ccc(OCC(=O)Oc2cccc(/C=C(/C#N)c3ccccc3F)c2)cc1. The number of nitriles is 1. The molecule has 3 aromatic carbocycles. The highest BCUT2D eigenvalue weighted by Crippen LogP contribution is 2.22. The van der Waals surface area contributed by atoms with Gasteiger partial charge in [0.1, 0.15) is 17.3 Å². The van der Waals surface area contributed by atoms with E-state index < -0.39 is 11.8 Å². The Bertz CT molecular complexity index is 1080. The molecule has 0 saturated heterocycles. The summed E-state index contributed by atoms with van der Waals surface area (Å²) >= 11 is 0. The number of nitrogens with zero attached hydrogens (tertiary/aromatic N) is 1. The Morgan fingerprint density at radius 1 is 1.03 bits per heavy atom. The highest BCUT2D eigenvalue weighted by molar-refractivity contribution is 5.90. The summed E-state index contributed by atoms with van der Waals surface area (Å²) in [6.45, 7) is 1.73. The molecule has 0 spiro atoms. The van der Waals surface area contributed by atoms with Crippen LogP contribution in [0.25, 0.3) is 11.6 Å². The number of carbonyl (C=O) groups is 1. The van der Waals surface area contributed by atoms with Gasteiger partial charge in [-0.1, -0.05) is 48.0 Å². The predicted octanol–water partition coefficient (Wildman–Crippen LogP) is 5.18. The zero-order valence-electron chi connectivity index (χ0n) is 15.8. The molecule has 0 fully saturated rings. The first-order valence-electron chi connectivity index (χ1n) is 8.92. The van der Waals surface area contributed by atoms with Gasteiger partial charge in [-0.15, -0.1) is 0 Å². The van der Waals surface area contributed by atoms with Gasteiger partial charge in [-0.05, 0) is 48.9 Å². The molecule has 0 aromatic heterocycles. The van der Waals surface area contributed by atoms with E-state index in [0.29, 0.717) is 17.1 Å². The summed E-state index contributed by atoms with van der Waals surface area (Å²) in [5, 5.41) is 9.39. The van der Waals surface area contributed by atoms with E-state index in [4.69, 9.17) is 9.47 Å². The maximum Gasteiger partial charge on any atom is 0.349 e. The molecular formula is C24H18FNO3. The second-order valence-corrected chi connectivity index (χ2v) is 6.30. The van der Waals surface area contributed by atoms with Gasteiger partial charge in [0.2, 0.25) is 0 Å². The summed E-state index contributed by atoms with van der Waals surface area (Å²) in [7, 11) is 0. The first kappa shape index (κ1) is 19.8. The van der Waals surface area contributed by atoms with Gasteiger partial charge in [0.05, 0.1) is 11.6 Å². The summed E-state index contributed by atoms with van der Waals surface area (Å²) in [6.07, 6.45) is 1.54. The Balaban J connectivity index is 1.69. The van der Waals surface area contributed by atoms with E-state index in [2.05, 4.69) is 0 Å². The van der Waals surface area contributed by atoms with Crippen LogP contribution in [-0.4, -0.2) is 12.6 Å². The van der Waals surface area contributed by atoms with Crippen LogP contribution in [0.5, 0.6) is 11.5 Å². The van der Waals surface area contributed by atoms with Crippen molar-refractivity contribution >= 4 is 17.6 Å². The van der Waals surface area contributed by atoms with Crippen molar-refractivity contribution in [1.29, 1.82) is 5.26 Å². The lowest BCUT2D eigenvalue weighted by Crippen LogP contribution is -2.17. The van der Waals surface area contributed by atoms with Crippen molar-refractivity contribution in [2.45, 2.75) is 6.92 Å². The molecule has 0 bridgehead atoms. The molecule has 144 valence electrons. The van der Waals surface area contributed by atoms with Crippen molar-refractivity contribution in [3.05, 3.63) is 95.3 Å². The monoisotopic (exact) mass is 387 g/mol. The molecule has 0 heterocycles. The largest absolute Gasteiger partial charge is 0.482 e. The minimum absolute atomic E-state index is 0.175. The molecule has 29 heavy (non-hydrogen) atoms. The van der Waals surface area contributed by atoms with Crippen LogP contribution in [0.3, 0.4) is 0 Å². The molecule has 4 nitrogen and oxygen atoms in total. The molecule has 0 aliphatic carbocycles. The molecule has 3 rings (SSSR count). The van der Waals surface area contributed by atoms with Crippen LogP contribution in [0.15, 0.2) is 72.8 Å². The molecule has 0 N–H and O–H groups in total. The standard InChI is InChI=1S/C24H18FNO3/c1-17-9-11-20(12-10-17)28-16-24(27)29-21-6-4-5-18(14-21)13-19(15-26)22-7-2-3-8-23(22)25/h2-14H,16H2,1H3/b19-13-.